The maximum Gasteiger partial charge on any atom is 0.418 e. The zero-order valence-corrected chi connectivity index (χ0v) is 16.9. The molecule has 8 heteroatoms. The van der Waals surface area contributed by atoms with Gasteiger partial charge in [-0.15, -0.1) is 11.3 Å². The smallest absolute Gasteiger partial charge is 0.385 e. The third-order valence-corrected chi connectivity index (χ3v) is 5.14. The quantitative estimate of drug-likeness (QED) is 0.388. The van der Waals surface area contributed by atoms with E-state index in [1.807, 2.05) is 17.5 Å². The van der Waals surface area contributed by atoms with Crippen molar-refractivity contribution in [1.29, 1.82) is 0 Å². The van der Waals surface area contributed by atoms with Crippen molar-refractivity contribution in [3.05, 3.63) is 64.9 Å². The monoisotopic (exact) mass is 420 g/mol. The first-order chi connectivity index (χ1) is 14.0. The maximum absolute atomic E-state index is 13.5. The Kier molecular flexibility index (Phi) is 7.09. The topological polar surface area (TPSA) is 49.8 Å². The lowest BCUT2D eigenvalue weighted by Crippen LogP contribution is -2.12. The van der Waals surface area contributed by atoms with Gasteiger partial charge in [0.05, 0.1) is 11.3 Å². The van der Waals surface area contributed by atoms with Gasteiger partial charge in [-0.3, -0.25) is 4.98 Å². The zero-order chi connectivity index (χ0) is 20.7. The van der Waals surface area contributed by atoms with E-state index >= 15 is 0 Å². The maximum atomic E-state index is 13.5. The number of hydrogen-bond acceptors (Lipinski definition) is 5. The van der Waals surface area contributed by atoms with Crippen LogP contribution >= 0.6 is 11.3 Å². The number of unbranched alkanes of at least 4 members (excludes halogenated alkanes) is 2. The Hall–Kier alpha value is -2.61. The van der Waals surface area contributed by atoms with Crippen LogP contribution < -0.4 is 10.6 Å². The van der Waals surface area contributed by atoms with Crippen LogP contribution in [0.15, 0.2) is 48.1 Å². The molecule has 0 aliphatic heterocycles. The molecule has 0 radical (unpaired) electrons. The largest absolute Gasteiger partial charge is 0.418 e. The van der Waals surface area contributed by atoms with E-state index in [-0.39, 0.29) is 5.69 Å². The van der Waals surface area contributed by atoms with Crippen molar-refractivity contribution in [3.8, 4) is 0 Å². The van der Waals surface area contributed by atoms with Gasteiger partial charge in [0, 0.05) is 42.1 Å². The lowest BCUT2D eigenvalue weighted by Gasteiger charge is -2.16. The fourth-order valence-corrected chi connectivity index (χ4v) is 3.62. The third kappa shape index (κ3) is 6.19. The van der Waals surface area contributed by atoms with Gasteiger partial charge >= 0.3 is 6.18 Å². The minimum absolute atomic E-state index is 0.107. The number of rotatable bonds is 9. The molecule has 2 heterocycles. The van der Waals surface area contributed by atoms with Crippen LogP contribution in [0, 0.1) is 0 Å². The second kappa shape index (κ2) is 9.73. The summed E-state index contributed by atoms with van der Waals surface area (Å²) in [6, 6.07) is 8.06. The van der Waals surface area contributed by atoms with Crippen molar-refractivity contribution in [2.24, 2.45) is 0 Å². The molecule has 0 saturated heterocycles. The molecule has 2 N–H and O–H groups in total. The number of alkyl halides is 3. The van der Waals surface area contributed by atoms with Crippen molar-refractivity contribution in [2.75, 3.05) is 17.2 Å². The SMILES string of the molecule is CCCCCNc1ccc(Nc2nc(Cc3cccnc3)cs2)cc1C(F)(F)F. The molecule has 3 rings (SSSR count). The summed E-state index contributed by atoms with van der Waals surface area (Å²) in [6.07, 6.45) is 2.52. The predicted molar refractivity (Wildman–Crippen MR) is 112 cm³/mol. The molecule has 3 aromatic rings. The van der Waals surface area contributed by atoms with E-state index in [4.69, 9.17) is 0 Å². The van der Waals surface area contributed by atoms with Crippen LogP contribution in [-0.2, 0) is 12.6 Å². The second-order valence-electron chi connectivity index (χ2n) is 6.70. The number of benzene rings is 1. The Morgan fingerprint density at radius 3 is 2.72 bits per heavy atom. The van der Waals surface area contributed by atoms with Crippen molar-refractivity contribution in [2.45, 2.75) is 38.8 Å². The van der Waals surface area contributed by atoms with Gasteiger partial charge in [0.1, 0.15) is 0 Å². The number of anilines is 3. The van der Waals surface area contributed by atoms with Crippen LogP contribution in [0.2, 0.25) is 0 Å². The normalized spacial score (nSPS) is 11.4. The van der Waals surface area contributed by atoms with E-state index < -0.39 is 11.7 Å². The minimum atomic E-state index is -4.43. The molecular weight excluding hydrogens is 397 g/mol. The van der Waals surface area contributed by atoms with Crippen LogP contribution in [0.25, 0.3) is 0 Å². The van der Waals surface area contributed by atoms with Gasteiger partial charge in [-0.25, -0.2) is 4.98 Å². The van der Waals surface area contributed by atoms with Crippen LogP contribution in [0.4, 0.5) is 29.7 Å². The van der Waals surface area contributed by atoms with Crippen molar-refractivity contribution in [3.63, 3.8) is 0 Å². The van der Waals surface area contributed by atoms with E-state index in [0.717, 1.165) is 36.6 Å². The molecule has 0 unspecified atom stereocenters. The molecule has 1 aromatic carbocycles. The highest BCUT2D eigenvalue weighted by atomic mass is 32.1. The second-order valence-corrected chi connectivity index (χ2v) is 7.56. The number of thiazole rings is 1. The Labute approximate surface area is 172 Å². The lowest BCUT2D eigenvalue weighted by atomic mass is 10.1. The molecule has 0 aliphatic rings. The van der Waals surface area contributed by atoms with Gasteiger partial charge in [0.15, 0.2) is 5.13 Å². The van der Waals surface area contributed by atoms with E-state index in [1.54, 1.807) is 18.5 Å². The summed E-state index contributed by atoms with van der Waals surface area (Å²) in [5.41, 5.74) is 1.67. The molecule has 0 aliphatic carbocycles. The number of nitrogens with one attached hydrogen (secondary N) is 2. The van der Waals surface area contributed by atoms with Crippen LogP contribution in [0.1, 0.15) is 43.0 Å². The fourth-order valence-electron chi connectivity index (χ4n) is 2.89. The standard InChI is InChI=1S/C21H23F3N4S/c1-2-3-4-10-26-19-8-7-16(12-18(19)21(22,23)24)27-20-28-17(14-29-20)11-15-6-5-9-25-13-15/h5-9,12-14,26H,2-4,10-11H2,1H3,(H,27,28). The van der Waals surface area contributed by atoms with Gasteiger partial charge in [0.2, 0.25) is 0 Å². The minimum Gasteiger partial charge on any atom is -0.385 e. The summed E-state index contributed by atoms with van der Waals surface area (Å²) < 4.78 is 40.5. The molecule has 0 spiro atoms. The highest BCUT2D eigenvalue weighted by Gasteiger charge is 2.33. The highest BCUT2D eigenvalue weighted by Crippen LogP contribution is 2.37. The average molecular weight is 421 g/mol. The average Bonchev–Trinajstić information content (AvgIpc) is 3.13. The van der Waals surface area contributed by atoms with E-state index in [2.05, 4.69) is 27.5 Å². The summed E-state index contributed by atoms with van der Waals surface area (Å²) in [6.45, 7) is 2.58. The van der Waals surface area contributed by atoms with Crippen molar-refractivity contribution < 1.29 is 13.2 Å². The molecule has 29 heavy (non-hydrogen) atoms. The first-order valence-corrected chi connectivity index (χ1v) is 10.4. The molecule has 0 bridgehead atoms. The molecule has 154 valence electrons. The number of halogens is 3. The lowest BCUT2D eigenvalue weighted by molar-refractivity contribution is -0.136. The van der Waals surface area contributed by atoms with Gasteiger partial charge in [0.25, 0.3) is 0 Å². The van der Waals surface area contributed by atoms with Crippen LogP contribution in [0.3, 0.4) is 0 Å². The fraction of sp³-hybridized carbons (Fsp3) is 0.333. The van der Waals surface area contributed by atoms with Crippen molar-refractivity contribution in [1.82, 2.24) is 9.97 Å². The summed E-state index contributed by atoms with van der Waals surface area (Å²) in [5.74, 6) is 0. The third-order valence-electron chi connectivity index (χ3n) is 4.33. The molecular formula is C21H23F3N4S. The van der Waals surface area contributed by atoms with E-state index in [1.165, 1.54) is 17.4 Å². The van der Waals surface area contributed by atoms with Crippen LogP contribution in [-0.4, -0.2) is 16.5 Å². The molecule has 2 aromatic heterocycles. The molecule has 4 nitrogen and oxygen atoms in total. The first-order valence-electron chi connectivity index (χ1n) is 9.51. The number of pyridine rings is 1. The van der Waals surface area contributed by atoms with E-state index in [0.29, 0.717) is 23.8 Å². The van der Waals surface area contributed by atoms with Crippen molar-refractivity contribution >= 4 is 27.8 Å². The summed E-state index contributed by atoms with van der Waals surface area (Å²) >= 11 is 1.36. The summed E-state index contributed by atoms with van der Waals surface area (Å²) in [7, 11) is 0. The van der Waals surface area contributed by atoms with Gasteiger partial charge in [-0.2, -0.15) is 13.2 Å². The Morgan fingerprint density at radius 1 is 1.14 bits per heavy atom. The van der Waals surface area contributed by atoms with Gasteiger partial charge in [-0.1, -0.05) is 25.8 Å². The summed E-state index contributed by atoms with van der Waals surface area (Å²) in [4.78, 5) is 8.54. The Balaban J connectivity index is 1.70. The Bertz CT molecular complexity index is 910. The summed E-state index contributed by atoms with van der Waals surface area (Å²) in [5, 5.41) is 8.35. The number of nitrogens with zero attached hydrogens (tertiary/aromatic N) is 2. The first kappa shape index (κ1) is 21.1. The van der Waals surface area contributed by atoms with Crippen LogP contribution in [0.5, 0.6) is 0 Å². The molecule has 0 saturated carbocycles. The highest BCUT2D eigenvalue weighted by molar-refractivity contribution is 7.13. The number of hydrogen-bond donors (Lipinski definition) is 2. The van der Waals surface area contributed by atoms with Gasteiger partial charge < -0.3 is 10.6 Å². The Morgan fingerprint density at radius 2 is 2.00 bits per heavy atom. The molecule has 0 fully saturated rings. The van der Waals surface area contributed by atoms with Gasteiger partial charge in [-0.05, 0) is 36.2 Å². The number of aromatic nitrogens is 2. The zero-order valence-electron chi connectivity index (χ0n) is 16.1. The van der Waals surface area contributed by atoms with E-state index in [9.17, 15) is 13.2 Å². The molecule has 0 amide bonds. The predicted octanol–water partition coefficient (Wildman–Crippen LogP) is 6.49. The molecule has 0 atom stereocenters.